The van der Waals surface area contributed by atoms with Crippen LogP contribution in [0.5, 0.6) is 17.2 Å². The monoisotopic (exact) mass is 400 g/mol. The minimum atomic E-state index is -0.258. The number of nitrogens with zero attached hydrogens (tertiary/aromatic N) is 2. The third kappa shape index (κ3) is 3.03. The Hall–Kier alpha value is -2.86. The van der Waals surface area contributed by atoms with Gasteiger partial charge in [-0.15, -0.1) is 0 Å². The van der Waals surface area contributed by atoms with Crippen molar-refractivity contribution in [2.75, 3.05) is 27.9 Å². The second-order valence-corrected chi connectivity index (χ2v) is 6.94. The van der Waals surface area contributed by atoms with Gasteiger partial charge in [0, 0.05) is 29.7 Å². The molecule has 1 unspecified atom stereocenters. The van der Waals surface area contributed by atoms with Gasteiger partial charge in [0.1, 0.15) is 6.10 Å². The summed E-state index contributed by atoms with van der Waals surface area (Å²) in [5.74, 6) is 2.25. The van der Waals surface area contributed by atoms with Crippen molar-refractivity contribution in [1.29, 1.82) is 0 Å². The number of rotatable bonds is 5. The van der Waals surface area contributed by atoms with E-state index in [1.807, 2.05) is 48.1 Å². The Kier molecular flexibility index (Phi) is 4.81. The molecule has 2 heterocycles. The minimum absolute atomic E-state index is 0.258. The second-order valence-electron chi connectivity index (χ2n) is 6.53. The van der Waals surface area contributed by atoms with Crippen LogP contribution in [0.15, 0.2) is 41.5 Å². The summed E-state index contributed by atoms with van der Waals surface area (Å²) in [4.78, 5) is 4.58. The van der Waals surface area contributed by atoms with E-state index in [0.717, 1.165) is 22.0 Å². The first-order valence-electron chi connectivity index (χ1n) is 8.81. The van der Waals surface area contributed by atoms with Gasteiger partial charge < -0.3 is 23.5 Å². The average Bonchev–Trinajstić information content (AvgIpc) is 3.33. The molecule has 1 atom stereocenters. The van der Waals surface area contributed by atoms with E-state index in [0.29, 0.717) is 34.7 Å². The van der Waals surface area contributed by atoms with Gasteiger partial charge in [-0.05, 0) is 30.3 Å². The molecule has 2 aromatic carbocycles. The number of fused-ring (bicyclic) bond motifs is 1. The Morgan fingerprint density at radius 3 is 2.43 bits per heavy atom. The lowest BCUT2D eigenvalue weighted by atomic mass is 10.1. The first kappa shape index (κ1) is 18.5. The second kappa shape index (κ2) is 7.28. The number of halogens is 1. The third-order valence-electron chi connectivity index (χ3n) is 4.92. The summed E-state index contributed by atoms with van der Waals surface area (Å²) in [5, 5.41) is 1.70. The van der Waals surface area contributed by atoms with Gasteiger partial charge in [-0.2, -0.15) is 0 Å². The highest BCUT2D eigenvalue weighted by Gasteiger charge is 2.27. The Morgan fingerprint density at radius 2 is 1.79 bits per heavy atom. The van der Waals surface area contributed by atoms with E-state index >= 15 is 0 Å². The number of hydrogen-bond acceptors (Lipinski definition) is 5. The molecule has 0 N–H and O–H groups in total. The summed E-state index contributed by atoms with van der Waals surface area (Å²) < 4.78 is 24.4. The first-order chi connectivity index (χ1) is 13.5. The quantitative estimate of drug-likeness (QED) is 0.638. The largest absolute Gasteiger partial charge is 0.493 e. The van der Waals surface area contributed by atoms with Gasteiger partial charge in [-0.3, -0.25) is 0 Å². The Morgan fingerprint density at radius 1 is 1.07 bits per heavy atom. The maximum atomic E-state index is 6.51. The SMILES string of the molecule is COc1cc(C2CN=C(c3cc4ccn(C)c4cc3Cl)O2)cc(OC)c1OC. The van der Waals surface area contributed by atoms with Crippen LogP contribution in [0.25, 0.3) is 10.9 Å². The Bertz CT molecular complexity index is 1050. The molecule has 0 fully saturated rings. The summed E-state index contributed by atoms with van der Waals surface area (Å²) in [7, 11) is 6.75. The summed E-state index contributed by atoms with van der Waals surface area (Å²) >= 11 is 6.51. The fourth-order valence-corrected chi connectivity index (χ4v) is 3.68. The number of aryl methyl sites for hydroxylation is 1. The third-order valence-corrected chi connectivity index (χ3v) is 5.23. The topological polar surface area (TPSA) is 54.2 Å². The first-order valence-corrected chi connectivity index (χ1v) is 9.19. The van der Waals surface area contributed by atoms with Crippen LogP contribution in [0.2, 0.25) is 5.02 Å². The molecule has 3 aromatic rings. The van der Waals surface area contributed by atoms with Crippen LogP contribution in [0, 0.1) is 0 Å². The lowest BCUT2D eigenvalue weighted by Crippen LogP contribution is -2.08. The summed E-state index contributed by atoms with van der Waals surface area (Å²) in [6, 6.07) is 9.75. The Labute approximate surface area is 168 Å². The number of aliphatic imine (C=N–C) groups is 1. The highest BCUT2D eigenvalue weighted by Crippen LogP contribution is 2.41. The van der Waals surface area contributed by atoms with Crippen molar-refractivity contribution in [1.82, 2.24) is 4.57 Å². The lowest BCUT2D eigenvalue weighted by molar-refractivity contribution is 0.228. The van der Waals surface area contributed by atoms with Crippen LogP contribution >= 0.6 is 11.6 Å². The molecule has 4 rings (SSSR count). The standard InChI is InChI=1S/C21H21ClN2O4/c1-24-6-5-12-7-14(15(22)10-16(12)24)21-23-11-19(28-21)13-8-17(25-2)20(27-4)18(9-13)26-3/h5-10,19H,11H2,1-4H3. The number of hydrogen-bond donors (Lipinski definition) is 0. The predicted molar refractivity (Wildman–Crippen MR) is 109 cm³/mol. The van der Waals surface area contributed by atoms with Gasteiger partial charge in [0.05, 0.1) is 38.5 Å². The van der Waals surface area contributed by atoms with Crippen molar-refractivity contribution in [3.63, 3.8) is 0 Å². The summed E-state index contributed by atoms with van der Waals surface area (Å²) in [5.41, 5.74) is 2.74. The van der Waals surface area contributed by atoms with Gasteiger partial charge in [0.15, 0.2) is 11.5 Å². The maximum Gasteiger partial charge on any atom is 0.218 e. The fourth-order valence-electron chi connectivity index (χ4n) is 3.44. The van der Waals surface area contributed by atoms with Crippen LogP contribution in [0.1, 0.15) is 17.2 Å². The molecule has 146 valence electrons. The molecular formula is C21H21ClN2O4. The number of methoxy groups -OCH3 is 3. The van der Waals surface area contributed by atoms with E-state index in [1.165, 1.54) is 0 Å². The molecule has 0 radical (unpaired) electrons. The minimum Gasteiger partial charge on any atom is -0.493 e. The van der Waals surface area contributed by atoms with Crippen molar-refractivity contribution >= 4 is 28.4 Å². The molecule has 0 aliphatic carbocycles. The zero-order valence-electron chi connectivity index (χ0n) is 16.2. The molecular weight excluding hydrogens is 380 g/mol. The van der Waals surface area contributed by atoms with Crippen LogP contribution < -0.4 is 14.2 Å². The van der Waals surface area contributed by atoms with E-state index < -0.39 is 0 Å². The highest BCUT2D eigenvalue weighted by molar-refractivity contribution is 6.34. The van der Waals surface area contributed by atoms with Gasteiger partial charge in [0.25, 0.3) is 0 Å². The van der Waals surface area contributed by atoms with Crippen molar-refractivity contribution in [2.24, 2.45) is 12.0 Å². The normalized spacial score (nSPS) is 16.0. The molecule has 1 aliphatic heterocycles. The van der Waals surface area contributed by atoms with E-state index in [9.17, 15) is 0 Å². The number of benzene rings is 2. The van der Waals surface area contributed by atoms with E-state index in [2.05, 4.69) is 4.99 Å². The molecule has 0 spiro atoms. The average molecular weight is 401 g/mol. The van der Waals surface area contributed by atoms with Gasteiger partial charge in [-0.25, -0.2) is 4.99 Å². The molecule has 28 heavy (non-hydrogen) atoms. The lowest BCUT2D eigenvalue weighted by Gasteiger charge is -2.17. The van der Waals surface area contributed by atoms with E-state index in [4.69, 9.17) is 30.5 Å². The van der Waals surface area contributed by atoms with Gasteiger partial charge in [0.2, 0.25) is 11.6 Å². The summed E-state index contributed by atoms with van der Waals surface area (Å²) in [6.45, 7) is 0.483. The van der Waals surface area contributed by atoms with E-state index in [-0.39, 0.29) is 6.10 Å². The van der Waals surface area contributed by atoms with Crippen LogP contribution in [0.3, 0.4) is 0 Å². The predicted octanol–water partition coefficient (Wildman–Crippen LogP) is 4.38. The summed E-state index contributed by atoms with van der Waals surface area (Å²) in [6.07, 6.45) is 1.74. The van der Waals surface area contributed by atoms with Crippen LogP contribution in [-0.2, 0) is 11.8 Å². The van der Waals surface area contributed by atoms with Gasteiger partial charge in [-0.1, -0.05) is 11.6 Å². The van der Waals surface area contributed by atoms with E-state index in [1.54, 1.807) is 21.3 Å². The maximum absolute atomic E-state index is 6.51. The Balaban J connectivity index is 1.65. The zero-order valence-corrected chi connectivity index (χ0v) is 16.9. The molecule has 7 heteroatoms. The zero-order chi connectivity index (χ0) is 19.8. The molecule has 0 saturated carbocycles. The number of ether oxygens (including phenoxy) is 4. The number of aromatic nitrogens is 1. The smallest absolute Gasteiger partial charge is 0.218 e. The van der Waals surface area contributed by atoms with Crippen molar-refractivity contribution in [2.45, 2.75) is 6.10 Å². The van der Waals surface area contributed by atoms with Crippen LogP contribution in [-0.4, -0.2) is 38.3 Å². The van der Waals surface area contributed by atoms with Crippen molar-refractivity contribution in [3.8, 4) is 17.2 Å². The van der Waals surface area contributed by atoms with Gasteiger partial charge >= 0.3 is 0 Å². The highest BCUT2D eigenvalue weighted by atomic mass is 35.5. The molecule has 0 bridgehead atoms. The molecule has 1 aliphatic rings. The van der Waals surface area contributed by atoms with Crippen molar-refractivity contribution in [3.05, 3.63) is 52.7 Å². The van der Waals surface area contributed by atoms with Crippen LogP contribution in [0.4, 0.5) is 0 Å². The fraction of sp³-hybridized carbons (Fsp3) is 0.286. The molecule has 0 amide bonds. The molecule has 0 saturated heterocycles. The van der Waals surface area contributed by atoms with Crippen molar-refractivity contribution < 1.29 is 18.9 Å². The molecule has 6 nitrogen and oxygen atoms in total. The molecule has 1 aromatic heterocycles.